The van der Waals surface area contributed by atoms with Gasteiger partial charge in [0.05, 0.1) is 19.2 Å². The normalized spacial score (nSPS) is 17.3. The van der Waals surface area contributed by atoms with E-state index in [4.69, 9.17) is 14.2 Å². The molecule has 0 saturated carbocycles. The monoisotopic (exact) mass is 424 g/mol. The van der Waals surface area contributed by atoms with Crippen LogP contribution in [0.1, 0.15) is 34.3 Å². The Balaban J connectivity index is 1.37. The smallest absolute Gasteiger partial charge is 0.260 e. The molecule has 164 valence electrons. The molecule has 7 heteroatoms. The van der Waals surface area contributed by atoms with Crippen LogP contribution in [-0.4, -0.2) is 55.7 Å². The summed E-state index contributed by atoms with van der Waals surface area (Å²) in [6.07, 6.45) is 1.28. The second kappa shape index (κ2) is 8.49. The minimum atomic E-state index is -0.506. The molecule has 1 N–H and O–H groups in total. The number of methoxy groups -OCH3 is 1. The Hall–Kier alpha value is -3.22. The van der Waals surface area contributed by atoms with Crippen LogP contribution in [0.15, 0.2) is 36.4 Å². The maximum Gasteiger partial charge on any atom is 0.260 e. The van der Waals surface area contributed by atoms with Crippen molar-refractivity contribution in [3.8, 4) is 17.2 Å². The summed E-state index contributed by atoms with van der Waals surface area (Å²) in [5.74, 6) is 1.58. The van der Waals surface area contributed by atoms with Crippen LogP contribution in [0.4, 0.5) is 0 Å². The molecule has 2 heterocycles. The predicted molar refractivity (Wildman–Crippen MR) is 116 cm³/mol. The van der Waals surface area contributed by atoms with Gasteiger partial charge in [-0.05, 0) is 43.7 Å². The largest absolute Gasteiger partial charge is 0.493 e. The van der Waals surface area contributed by atoms with Gasteiger partial charge < -0.3 is 24.4 Å². The SMILES string of the molecule is COc1cc(C)ccc1OCC(=O)N1CCC2(CC1)CNC(=O)c1cc(C)ccc1O2. The molecule has 0 aromatic heterocycles. The van der Waals surface area contributed by atoms with Crippen LogP contribution < -0.4 is 19.5 Å². The Kier molecular flexibility index (Phi) is 5.76. The molecule has 2 aromatic carbocycles. The minimum Gasteiger partial charge on any atom is -0.493 e. The molecule has 1 saturated heterocycles. The summed E-state index contributed by atoms with van der Waals surface area (Å²) in [5.41, 5.74) is 2.13. The Labute approximate surface area is 182 Å². The molecule has 0 bridgehead atoms. The average molecular weight is 424 g/mol. The quantitative estimate of drug-likeness (QED) is 0.817. The van der Waals surface area contributed by atoms with Gasteiger partial charge in [-0.25, -0.2) is 0 Å². The van der Waals surface area contributed by atoms with Crippen molar-refractivity contribution < 1.29 is 23.8 Å². The van der Waals surface area contributed by atoms with Crippen LogP contribution in [0.3, 0.4) is 0 Å². The van der Waals surface area contributed by atoms with Gasteiger partial charge >= 0.3 is 0 Å². The van der Waals surface area contributed by atoms with Crippen molar-refractivity contribution in [1.29, 1.82) is 0 Å². The van der Waals surface area contributed by atoms with E-state index in [2.05, 4.69) is 5.32 Å². The lowest BCUT2D eigenvalue weighted by Gasteiger charge is -2.41. The fourth-order valence-corrected chi connectivity index (χ4v) is 4.08. The topological polar surface area (TPSA) is 77.1 Å². The zero-order chi connectivity index (χ0) is 22.0. The van der Waals surface area contributed by atoms with Crippen molar-refractivity contribution >= 4 is 11.8 Å². The van der Waals surface area contributed by atoms with E-state index in [1.807, 2.05) is 50.2 Å². The lowest BCUT2D eigenvalue weighted by Crippen LogP contribution is -2.54. The molecule has 0 unspecified atom stereocenters. The number of nitrogens with zero attached hydrogens (tertiary/aromatic N) is 1. The number of likely N-dealkylation sites (tertiary alicyclic amines) is 1. The van der Waals surface area contributed by atoms with E-state index in [9.17, 15) is 9.59 Å². The maximum atomic E-state index is 12.7. The first-order valence-electron chi connectivity index (χ1n) is 10.5. The molecular weight excluding hydrogens is 396 g/mol. The van der Waals surface area contributed by atoms with Gasteiger partial charge in [0.25, 0.3) is 11.8 Å². The fourth-order valence-electron chi connectivity index (χ4n) is 4.08. The molecule has 7 nitrogen and oxygen atoms in total. The Morgan fingerprint density at radius 2 is 1.81 bits per heavy atom. The van der Waals surface area contributed by atoms with Crippen LogP contribution in [-0.2, 0) is 4.79 Å². The molecule has 1 fully saturated rings. The van der Waals surface area contributed by atoms with Crippen molar-refractivity contribution in [3.05, 3.63) is 53.1 Å². The number of carbonyl (C=O) groups excluding carboxylic acids is 2. The third kappa shape index (κ3) is 4.45. The summed E-state index contributed by atoms with van der Waals surface area (Å²) in [6, 6.07) is 11.3. The van der Waals surface area contributed by atoms with Crippen LogP contribution >= 0.6 is 0 Å². The molecule has 2 aliphatic rings. The highest BCUT2D eigenvalue weighted by Gasteiger charge is 2.41. The number of hydrogen-bond donors (Lipinski definition) is 1. The fraction of sp³-hybridized carbons (Fsp3) is 0.417. The summed E-state index contributed by atoms with van der Waals surface area (Å²) >= 11 is 0. The van der Waals surface area contributed by atoms with Crippen molar-refractivity contribution in [3.63, 3.8) is 0 Å². The zero-order valence-electron chi connectivity index (χ0n) is 18.2. The first-order valence-corrected chi connectivity index (χ1v) is 10.5. The van der Waals surface area contributed by atoms with Crippen LogP contribution in [0.2, 0.25) is 0 Å². The van der Waals surface area contributed by atoms with Gasteiger partial charge in [0.2, 0.25) is 0 Å². The maximum absolute atomic E-state index is 12.7. The van der Waals surface area contributed by atoms with Crippen LogP contribution in [0.5, 0.6) is 17.2 Å². The molecule has 2 amide bonds. The van der Waals surface area contributed by atoms with E-state index in [1.165, 1.54) is 0 Å². The number of piperidine rings is 1. The van der Waals surface area contributed by atoms with Crippen molar-refractivity contribution in [1.82, 2.24) is 10.2 Å². The number of ether oxygens (including phenoxy) is 3. The summed E-state index contributed by atoms with van der Waals surface area (Å²) in [4.78, 5) is 27.0. The van der Waals surface area contributed by atoms with Gasteiger partial charge in [-0.15, -0.1) is 0 Å². The Morgan fingerprint density at radius 3 is 2.55 bits per heavy atom. The second-order valence-corrected chi connectivity index (χ2v) is 8.29. The molecule has 2 aliphatic heterocycles. The van der Waals surface area contributed by atoms with E-state index in [1.54, 1.807) is 12.0 Å². The molecule has 0 aliphatic carbocycles. The van der Waals surface area contributed by atoms with E-state index in [0.29, 0.717) is 55.3 Å². The van der Waals surface area contributed by atoms with Crippen molar-refractivity contribution in [2.75, 3.05) is 33.4 Å². The first kappa shape index (κ1) is 21.0. The third-order valence-corrected chi connectivity index (χ3v) is 5.97. The molecule has 4 rings (SSSR count). The highest BCUT2D eigenvalue weighted by atomic mass is 16.5. The number of amides is 2. The second-order valence-electron chi connectivity index (χ2n) is 8.29. The number of fused-ring (bicyclic) bond motifs is 1. The van der Waals surface area contributed by atoms with E-state index >= 15 is 0 Å². The molecule has 2 aromatic rings. The number of hydrogen-bond acceptors (Lipinski definition) is 5. The van der Waals surface area contributed by atoms with E-state index < -0.39 is 5.60 Å². The summed E-state index contributed by atoms with van der Waals surface area (Å²) < 4.78 is 17.4. The van der Waals surface area contributed by atoms with Gasteiger partial charge in [0, 0.05) is 25.9 Å². The first-order chi connectivity index (χ1) is 14.9. The number of benzene rings is 2. The lowest BCUT2D eigenvalue weighted by molar-refractivity contribution is -0.136. The van der Waals surface area contributed by atoms with Crippen LogP contribution in [0.25, 0.3) is 0 Å². The number of aryl methyl sites for hydroxylation is 2. The van der Waals surface area contributed by atoms with E-state index in [0.717, 1.165) is 11.1 Å². The molecule has 1 spiro atoms. The highest BCUT2D eigenvalue weighted by Crippen LogP contribution is 2.33. The third-order valence-electron chi connectivity index (χ3n) is 5.97. The number of rotatable bonds is 4. The molecule has 31 heavy (non-hydrogen) atoms. The van der Waals surface area contributed by atoms with Gasteiger partial charge in [0.15, 0.2) is 18.1 Å². The minimum absolute atomic E-state index is 0.0495. The summed E-state index contributed by atoms with van der Waals surface area (Å²) in [7, 11) is 1.58. The van der Waals surface area contributed by atoms with Crippen molar-refractivity contribution in [2.45, 2.75) is 32.3 Å². The van der Waals surface area contributed by atoms with Gasteiger partial charge in [0.1, 0.15) is 11.4 Å². The number of nitrogens with one attached hydrogen (secondary N) is 1. The number of carbonyl (C=O) groups is 2. The van der Waals surface area contributed by atoms with Gasteiger partial charge in [-0.2, -0.15) is 0 Å². The highest BCUT2D eigenvalue weighted by molar-refractivity contribution is 5.97. The standard InChI is InChI=1S/C24H28N2O5/c1-16-4-6-19-18(12-16)23(28)25-15-24(31-19)8-10-26(11-9-24)22(27)14-30-20-7-5-17(2)13-21(20)29-3/h4-7,12-13H,8-11,14-15H2,1-3H3,(H,25,28). The van der Waals surface area contributed by atoms with Gasteiger partial charge in [-0.1, -0.05) is 17.7 Å². The zero-order valence-corrected chi connectivity index (χ0v) is 18.2. The van der Waals surface area contributed by atoms with Crippen molar-refractivity contribution in [2.24, 2.45) is 0 Å². The predicted octanol–water partition coefficient (Wildman–Crippen LogP) is 2.87. The van der Waals surface area contributed by atoms with E-state index in [-0.39, 0.29) is 18.4 Å². The molecule has 0 atom stereocenters. The Bertz CT molecular complexity index is 995. The van der Waals surface area contributed by atoms with Gasteiger partial charge in [-0.3, -0.25) is 9.59 Å². The molecule has 0 radical (unpaired) electrons. The Morgan fingerprint density at radius 1 is 1.10 bits per heavy atom. The summed E-state index contributed by atoms with van der Waals surface area (Å²) in [5, 5.41) is 2.99. The summed E-state index contributed by atoms with van der Waals surface area (Å²) in [6.45, 7) is 5.39. The molecular formula is C24H28N2O5. The van der Waals surface area contributed by atoms with Crippen LogP contribution in [0, 0.1) is 13.8 Å². The average Bonchev–Trinajstić information content (AvgIpc) is 2.90. The lowest BCUT2D eigenvalue weighted by atomic mass is 9.91.